The van der Waals surface area contributed by atoms with Gasteiger partial charge in [0.25, 0.3) is 11.8 Å². The predicted molar refractivity (Wildman–Crippen MR) is 146 cm³/mol. The second-order valence-electron chi connectivity index (χ2n) is 7.43. The van der Waals surface area contributed by atoms with Gasteiger partial charge in [-0.2, -0.15) is 5.26 Å². The summed E-state index contributed by atoms with van der Waals surface area (Å²) in [5.74, 6) is 0.279. The molecule has 0 unspecified atom stereocenters. The summed E-state index contributed by atoms with van der Waals surface area (Å²) >= 11 is 9.48. The van der Waals surface area contributed by atoms with E-state index in [1.165, 1.54) is 13.2 Å². The second-order valence-corrected chi connectivity index (χ2v) is 8.69. The largest absolute Gasteiger partial charge is 0.494 e. The van der Waals surface area contributed by atoms with E-state index in [1.54, 1.807) is 60.7 Å². The normalized spacial score (nSPS) is 10.7. The van der Waals surface area contributed by atoms with E-state index in [2.05, 4.69) is 26.6 Å². The van der Waals surface area contributed by atoms with Crippen LogP contribution in [0.5, 0.6) is 17.2 Å². The number of rotatable bonds is 10. The van der Waals surface area contributed by atoms with E-state index in [-0.39, 0.29) is 17.9 Å². The SMILES string of the molecule is CCOc1ccc(NC(=O)/C(C#N)=C/c2cc(Br)c(OCC(=O)Nc3ccccc3Cl)c(OC)c2)cc1. The van der Waals surface area contributed by atoms with Crippen LogP contribution in [-0.2, 0) is 9.59 Å². The number of para-hydroxylation sites is 1. The second kappa shape index (κ2) is 13.3. The molecule has 0 aliphatic carbocycles. The Bertz CT molecular complexity index is 1350. The summed E-state index contributed by atoms with van der Waals surface area (Å²) in [4.78, 5) is 25.0. The van der Waals surface area contributed by atoms with E-state index in [0.29, 0.717) is 44.5 Å². The minimum absolute atomic E-state index is 0.115. The van der Waals surface area contributed by atoms with E-state index in [1.807, 2.05) is 13.0 Å². The number of nitrogens with one attached hydrogen (secondary N) is 2. The fourth-order valence-corrected chi connectivity index (χ4v) is 3.92. The summed E-state index contributed by atoms with van der Waals surface area (Å²) < 4.78 is 16.9. The van der Waals surface area contributed by atoms with Gasteiger partial charge in [0, 0.05) is 5.69 Å². The molecule has 0 aliphatic heterocycles. The van der Waals surface area contributed by atoms with Crippen molar-refractivity contribution in [3.05, 3.63) is 81.3 Å². The van der Waals surface area contributed by atoms with Crippen molar-refractivity contribution in [3.8, 4) is 23.3 Å². The van der Waals surface area contributed by atoms with Crippen LogP contribution >= 0.6 is 27.5 Å². The maximum atomic E-state index is 12.7. The molecular weight excluding hydrogens is 562 g/mol. The van der Waals surface area contributed by atoms with E-state index < -0.39 is 11.8 Å². The number of methoxy groups -OCH3 is 1. The molecule has 0 radical (unpaired) electrons. The van der Waals surface area contributed by atoms with Crippen molar-refractivity contribution in [1.29, 1.82) is 5.26 Å². The molecule has 0 saturated heterocycles. The van der Waals surface area contributed by atoms with Crippen molar-refractivity contribution in [3.63, 3.8) is 0 Å². The molecule has 0 fully saturated rings. The average molecular weight is 585 g/mol. The molecule has 190 valence electrons. The molecular formula is C27H23BrClN3O5. The van der Waals surface area contributed by atoms with Gasteiger partial charge >= 0.3 is 0 Å². The molecule has 2 amide bonds. The zero-order chi connectivity index (χ0) is 26.8. The molecule has 0 aromatic heterocycles. The Morgan fingerprint density at radius 2 is 1.81 bits per heavy atom. The third-order valence-electron chi connectivity index (χ3n) is 4.85. The zero-order valence-electron chi connectivity index (χ0n) is 20.0. The lowest BCUT2D eigenvalue weighted by atomic mass is 10.1. The Labute approximate surface area is 227 Å². The highest BCUT2D eigenvalue weighted by Crippen LogP contribution is 2.37. The molecule has 3 aromatic carbocycles. The lowest BCUT2D eigenvalue weighted by Crippen LogP contribution is -2.20. The number of halogens is 2. The number of benzene rings is 3. The molecule has 0 spiro atoms. The summed E-state index contributed by atoms with van der Waals surface area (Å²) in [5, 5.41) is 15.3. The molecule has 0 atom stereocenters. The average Bonchev–Trinajstić information content (AvgIpc) is 2.89. The minimum Gasteiger partial charge on any atom is -0.494 e. The van der Waals surface area contributed by atoms with E-state index in [0.717, 1.165) is 0 Å². The van der Waals surface area contributed by atoms with E-state index >= 15 is 0 Å². The number of hydrogen-bond acceptors (Lipinski definition) is 6. The topological polar surface area (TPSA) is 110 Å². The Morgan fingerprint density at radius 3 is 2.46 bits per heavy atom. The summed E-state index contributed by atoms with van der Waals surface area (Å²) in [7, 11) is 1.44. The van der Waals surface area contributed by atoms with Gasteiger partial charge in [-0.25, -0.2) is 0 Å². The fourth-order valence-electron chi connectivity index (χ4n) is 3.16. The number of nitriles is 1. The Hall–Kier alpha value is -4.00. The Kier molecular flexibility index (Phi) is 9.95. The van der Waals surface area contributed by atoms with E-state index in [9.17, 15) is 14.9 Å². The maximum Gasteiger partial charge on any atom is 0.266 e. The summed E-state index contributed by atoms with van der Waals surface area (Å²) in [6.45, 7) is 2.11. The monoisotopic (exact) mass is 583 g/mol. The first kappa shape index (κ1) is 27.6. The van der Waals surface area contributed by atoms with Crippen LogP contribution in [0.25, 0.3) is 6.08 Å². The van der Waals surface area contributed by atoms with Gasteiger partial charge in [-0.15, -0.1) is 0 Å². The quantitative estimate of drug-likeness (QED) is 0.221. The van der Waals surface area contributed by atoms with Crippen molar-refractivity contribution in [2.24, 2.45) is 0 Å². The molecule has 2 N–H and O–H groups in total. The highest BCUT2D eigenvalue weighted by atomic mass is 79.9. The summed E-state index contributed by atoms with van der Waals surface area (Å²) in [6.07, 6.45) is 1.42. The van der Waals surface area contributed by atoms with Gasteiger partial charge in [0.1, 0.15) is 17.4 Å². The van der Waals surface area contributed by atoms with Crippen molar-refractivity contribution >= 4 is 56.8 Å². The Balaban J connectivity index is 1.72. The molecule has 37 heavy (non-hydrogen) atoms. The molecule has 0 aliphatic rings. The predicted octanol–water partition coefficient (Wildman–Crippen LogP) is 6.07. The molecule has 10 heteroatoms. The third-order valence-corrected chi connectivity index (χ3v) is 5.77. The molecule has 8 nitrogen and oxygen atoms in total. The number of carbonyl (C=O) groups excluding carboxylic acids is 2. The fraction of sp³-hybridized carbons (Fsp3) is 0.148. The van der Waals surface area contributed by atoms with Crippen LogP contribution in [0.4, 0.5) is 11.4 Å². The minimum atomic E-state index is -0.571. The van der Waals surface area contributed by atoms with Crippen LogP contribution in [0.3, 0.4) is 0 Å². The molecule has 0 bridgehead atoms. The third kappa shape index (κ3) is 7.74. The number of amides is 2. The highest BCUT2D eigenvalue weighted by molar-refractivity contribution is 9.10. The van der Waals surface area contributed by atoms with E-state index in [4.69, 9.17) is 25.8 Å². The van der Waals surface area contributed by atoms with Gasteiger partial charge in [-0.05, 0) is 83.0 Å². The van der Waals surface area contributed by atoms with Crippen molar-refractivity contribution < 1.29 is 23.8 Å². The first-order valence-corrected chi connectivity index (χ1v) is 12.2. The molecule has 3 rings (SSSR count). The van der Waals surface area contributed by atoms with Crippen molar-refractivity contribution in [1.82, 2.24) is 0 Å². The van der Waals surface area contributed by atoms with Crippen molar-refractivity contribution in [2.75, 3.05) is 31.0 Å². The zero-order valence-corrected chi connectivity index (χ0v) is 22.4. The van der Waals surface area contributed by atoms with Gasteiger partial charge < -0.3 is 24.8 Å². The summed E-state index contributed by atoms with van der Waals surface area (Å²) in [5.41, 5.74) is 1.38. The van der Waals surface area contributed by atoms with Crippen LogP contribution in [-0.4, -0.2) is 32.1 Å². The van der Waals surface area contributed by atoms with Crippen LogP contribution in [0.15, 0.2) is 70.7 Å². The maximum absolute atomic E-state index is 12.7. The molecule has 0 heterocycles. The first-order chi connectivity index (χ1) is 17.8. The standard InChI is InChI=1S/C27H23BrClN3O5/c1-3-36-20-10-8-19(9-11-20)31-27(34)18(15-30)12-17-13-21(28)26(24(14-17)35-2)37-16-25(33)32-23-7-5-4-6-22(23)29/h4-14H,3,16H2,1-2H3,(H,31,34)(H,32,33)/b18-12+. The van der Waals surface area contributed by atoms with Crippen LogP contribution < -0.4 is 24.8 Å². The summed E-state index contributed by atoms with van der Waals surface area (Å²) in [6, 6.07) is 18.8. The van der Waals surface area contributed by atoms with Crippen LogP contribution in [0, 0.1) is 11.3 Å². The lowest BCUT2D eigenvalue weighted by Gasteiger charge is -2.14. The van der Waals surface area contributed by atoms with Gasteiger partial charge in [0.05, 0.1) is 28.9 Å². The highest BCUT2D eigenvalue weighted by Gasteiger charge is 2.16. The van der Waals surface area contributed by atoms with Crippen LogP contribution in [0.2, 0.25) is 5.02 Å². The molecule has 0 saturated carbocycles. The van der Waals surface area contributed by atoms with Crippen LogP contribution in [0.1, 0.15) is 12.5 Å². The molecule has 3 aromatic rings. The number of ether oxygens (including phenoxy) is 3. The first-order valence-electron chi connectivity index (χ1n) is 11.0. The number of hydrogen-bond donors (Lipinski definition) is 2. The van der Waals surface area contributed by atoms with Gasteiger partial charge in [0.15, 0.2) is 18.1 Å². The number of nitrogens with zero attached hydrogens (tertiary/aromatic N) is 1. The van der Waals surface area contributed by atoms with Gasteiger partial charge in [-0.3, -0.25) is 9.59 Å². The van der Waals surface area contributed by atoms with Gasteiger partial charge in [-0.1, -0.05) is 23.7 Å². The van der Waals surface area contributed by atoms with Gasteiger partial charge in [0.2, 0.25) is 0 Å². The number of carbonyl (C=O) groups is 2. The number of anilines is 2. The Morgan fingerprint density at radius 1 is 1.08 bits per heavy atom. The lowest BCUT2D eigenvalue weighted by molar-refractivity contribution is -0.118. The smallest absolute Gasteiger partial charge is 0.266 e. The van der Waals surface area contributed by atoms with Crippen molar-refractivity contribution in [2.45, 2.75) is 6.92 Å².